The number of anilines is 1. The Bertz CT molecular complexity index is 1780. The summed E-state index contributed by atoms with van der Waals surface area (Å²) >= 11 is 14.9. The monoisotopic (exact) mass is 669 g/mol. The molecule has 0 radical (unpaired) electrons. The first-order chi connectivity index (χ1) is 21.3. The van der Waals surface area contributed by atoms with E-state index >= 15 is 0 Å². The lowest BCUT2D eigenvalue weighted by Gasteiger charge is -2.23. The van der Waals surface area contributed by atoms with E-state index in [0.29, 0.717) is 68.3 Å². The summed E-state index contributed by atoms with van der Waals surface area (Å²) in [6, 6.07) is 16.3. The average molecular weight is 671 g/mol. The summed E-state index contributed by atoms with van der Waals surface area (Å²) in [6.45, 7) is 3.26. The summed E-state index contributed by atoms with van der Waals surface area (Å²) in [5.41, 5.74) is 1.65. The van der Waals surface area contributed by atoms with Gasteiger partial charge in [0.15, 0.2) is 15.8 Å². The fourth-order valence-electron chi connectivity index (χ4n) is 4.82. The maximum absolute atomic E-state index is 13.6. The van der Waals surface area contributed by atoms with E-state index in [1.165, 1.54) is 16.7 Å². The van der Waals surface area contributed by atoms with E-state index in [9.17, 15) is 14.7 Å². The van der Waals surface area contributed by atoms with Gasteiger partial charge >= 0.3 is 5.91 Å². The Morgan fingerprint density at radius 1 is 1.07 bits per heavy atom. The second-order valence-corrected chi connectivity index (χ2v) is 12.8. The van der Waals surface area contributed by atoms with Gasteiger partial charge in [0, 0.05) is 21.4 Å². The molecule has 0 unspecified atom stereocenters. The van der Waals surface area contributed by atoms with Crippen LogP contribution in [0, 0.1) is 0 Å². The molecular formula is C31H25Cl2N3O6S2. The summed E-state index contributed by atoms with van der Waals surface area (Å²) in [7, 11) is 0. The van der Waals surface area contributed by atoms with E-state index in [0.717, 1.165) is 23.3 Å². The molecule has 0 spiro atoms. The molecule has 0 saturated carbocycles. The van der Waals surface area contributed by atoms with Crippen LogP contribution in [0.25, 0.3) is 5.76 Å². The molecule has 1 amide bonds. The van der Waals surface area contributed by atoms with Crippen molar-refractivity contribution in [3.05, 3.63) is 93.0 Å². The molecule has 4 aromatic rings. The highest BCUT2D eigenvalue weighted by Gasteiger charge is 2.48. The van der Waals surface area contributed by atoms with Crippen LogP contribution in [0.2, 0.25) is 10.0 Å². The standard InChI is InChI=1S/C31H25Cl2N3O6S2/c1-2-10-40-21-5-3-4-17(13-21)26-25(27(37)18-7-9-23-24(14-18)42-12-11-41-23)28(38)29(39)36(26)30-34-35-31(44-30)43-16-19-6-8-20(32)15-22(19)33/h3-9,13-15,26,37H,2,10-12,16H2,1H3/t26-/m1/s1. The molecule has 13 heteroatoms. The molecule has 3 aromatic carbocycles. The third-order valence-electron chi connectivity index (χ3n) is 6.87. The van der Waals surface area contributed by atoms with Crippen LogP contribution in [-0.4, -0.2) is 46.8 Å². The quantitative estimate of drug-likeness (QED) is 0.0644. The molecular weight excluding hydrogens is 645 g/mol. The van der Waals surface area contributed by atoms with Gasteiger partial charge < -0.3 is 19.3 Å². The summed E-state index contributed by atoms with van der Waals surface area (Å²) in [5, 5.41) is 21.4. The highest BCUT2D eigenvalue weighted by molar-refractivity contribution is 8.00. The number of carbonyl (C=O) groups is 2. The van der Waals surface area contributed by atoms with E-state index in [4.69, 9.17) is 37.4 Å². The summed E-state index contributed by atoms with van der Waals surface area (Å²) < 4.78 is 17.7. The predicted molar refractivity (Wildman–Crippen MR) is 170 cm³/mol. The Kier molecular flexibility index (Phi) is 8.99. The zero-order valence-electron chi connectivity index (χ0n) is 23.3. The Hall–Kier alpha value is -3.77. The molecule has 44 heavy (non-hydrogen) atoms. The number of hydrogen-bond donors (Lipinski definition) is 1. The van der Waals surface area contributed by atoms with Crippen LogP contribution in [0.1, 0.15) is 36.1 Å². The SMILES string of the molecule is CCCOc1cccc([C@@H]2C(=C(O)c3ccc4c(c3)OCCO4)C(=O)C(=O)N2c2nnc(SCc3ccc(Cl)cc3Cl)s2)c1. The Morgan fingerprint density at radius 2 is 1.89 bits per heavy atom. The van der Waals surface area contributed by atoms with Crippen LogP contribution >= 0.6 is 46.3 Å². The minimum Gasteiger partial charge on any atom is -0.507 e. The molecule has 226 valence electrons. The lowest BCUT2D eigenvalue weighted by atomic mass is 9.95. The number of aliphatic hydroxyl groups excluding tert-OH is 1. The summed E-state index contributed by atoms with van der Waals surface area (Å²) in [6.07, 6.45) is 0.805. The van der Waals surface area contributed by atoms with Crippen LogP contribution in [0.15, 0.2) is 70.6 Å². The first-order valence-electron chi connectivity index (χ1n) is 13.7. The molecule has 2 aliphatic rings. The van der Waals surface area contributed by atoms with Gasteiger partial charge in [-0.1, -0.05) is 71.4 Å². The number of amides is 1. The fourth-order valence-corrected chi connectivity index (χ4v) is 7.25. The number of rotatable bonds is 9. The predicted octanol–water partition coefficient (Wildman–Crippen LogP) is 7.32. The van der Waals surface area contributed by atoms with Gasteiger partial charge in [0.25, 0.3) is 5.78 Å². The maximum atomic E-state index is 13.6. The number of aromatic nitrogens is 2. The van der Waals surface area contributed by atoms with Gasteiger partial charge in [0.1, 0.15) is 24.7 Å². The zero-order chi connectivity index (χ0) is 30.8. The lowest BCUT2D eigenvalue weighted by molar-refractivity contribution is -0.132. The van der Waals surface area contributed by atoms with Gasteiger partial charge in [-0.05, 0) is 60.0 Å². The van der Waals surface area contributed by atoms with Crippen LogP contribution in [-0.2, 0) is 15.3 Å². The number of ether oxygens (including phenoxy) is 3. The smallest absolute Gasteiger partial charge is 0.301 e. The molecule has 1 fully saturated rings. The molecule has 9 nitrogen and oxygen atoms in total. The number of carbonyl (C=O) groups excluding carboxylic acids is 2. The van der Waals surface area contributed by atoms with Crippen molar-refractivity contribution in [2.24, 2.45) is 0 Å². The normalized spacial score (nSPS) is 17.2. The third-order valence-corrected chi connectivity index (χ3v) is 9.57. The number of Topliss-reactive ketones (excluding diaryl/α,β-unsaturated/α-hetero) is 1. The number of ketones is 1. The van der Waals surface area contributed by atoms with E-state index in [1.807, 2.05) is 13.0 Å². The number of fused-ring (bicyclic) bond motifs is 1. The van der Waals surface area contributed by atoms with E-state index in [-0.39, 0.29) is 16.5 Å². The number of halogens is 2. The topological polar surface area (TPSA) is 111 Å². The number of aliphatic hydroxyl groups is 1. The van der Waals surface area contributed by atoms with Crippen molar-refractivity contribution in [2.45, 2.75) is 29.5 Å². The highest BCUT2D eigenvalue weighted by atomic mass is 35.5. The first-order valence-corrected chi connectivity index (χ1v) is 16.2. The van der Waals surface area contributed by atoms with Crippen LogP contribution in [0.3, 0.4) is 0 Å². The van der Waals surface area contributed by atoms with Crippen LogP contribution < -0.4 is 19.1 Å². The van der Waals surface area contributed by atoms with Gasteiger partial charge in [0.05, 0.1) is 18.2 Å². The van der Waals surface area contributed by atoms with E-state index < -0.39 is 17.7 Å². The Balaban J connectivity index is 1.39. The van der Waals surface area contributed by atoms with Crippen molar-refractivity contribution in [1.29, 1.82) is 0 Å². The molecule has 2 aliphatic heterocycles. The summed E-state index contributed by atoms with van der Waals surface area (Å²) in [5.74, 6) is 0.0131. The van der Waals surface area contributed by atoms with Gasteiger partial charge in [-0.2, -0.15) is 0 Å². The Labute approximate surface area is 271 Å². The largest absolute Gasteiger partial charge is 0.507 e. The number of nitrogens with zero attached hydrogens (tertiary/aromatic N) is 3. The van der Waals surface area contributed by atoms with E-state index in [2.05, 4.69) is 10.2 Å². The minimum atomic E-state index is -0.995. The summed E-state index contributed by atoms with van der Waals surface area (Å²) in [4.78, 5) is 28.6. The van der Waals surface area contributed by atoms with Crippen molar-refractivity contribution in [3.8, 4) is 17.2 Å². The van der Waals surface area contributed by atoms with Crippen molar-refractivity contribution in [1.82, 2.24) is 10.2 Å². The van der Waals surface area contributed by atoms with Crippen molar-refractivity contribution >= 4 is 68.9 Å². The number of hydrogen-bond acceptors (Lipinski definition) is 10. The highest BCUT2D eigenvalue weighted by Crippen LogP contribution is 2.45. The molecule has 0 aliphatic carbocycles. The Morgan fingerprint density at radius 3 is 2.68 bits per heavy atom. The zero-order valence-corrected chi connectivity index (χ0v) is 26.4. The average Bonchev–Trinajstić information content (AvgIpc) is 3.60. The van der Waals surface area contributed by atoms with Crippen molar-refractivity contribution < 1.29 is 28.9 Å². The molecule has 1 atom stereocenters. The van der Waals surface area contributed by atoms with Gasteiger partial charge in [-0.3, -0.25) is 14.5 Å². The second-order valence-electron chi connectivity index (χ2n) is 9.82. The molecule has 1 saturated heterocycles. The third kappa shape index (κ3) is 6.10. The van der Waals surface area contributed by atoms with Crippen molar-refractivity contribution in [2.75, 3.05) is 24.7 Å². The molecule has 3 heterocycles. The lowest BCUT2D eigenvalue weighted by Crippen LogP contribution is -2.29. The number of benzene rings is 3. The maximum Gasteiger partial charge on any atom is 0.301 e. The minimum absolute atomic E-state index is 0.0864. The van der Waals surface area contributed by atoms with E-state index in [1.54, 1.807) is 54.6 Å². The second kappa shape index (κ2) is 13.1. The van der Waals surface area contributed by atoms with Gasteiger partial charge in [-0.15, -0.1) is 10.2 Å². The van der Waals surface area contributed by atoms with Crippen molar-refractivity contribution in [3.63, 3.8) is 0 Å². The van der Waals surface area contributed by atoms with Gasteiger partial charge in [0.2, 0.25) is 5.13 Å². The molecule has 1 aromatic heterocycles. The number of thioether (sulfide) groups is 1. The molecule has 6 rings (SSSR count). The van der Waals surface area contributed by atoms with Crippen LogP contribution in [0.4, 0.5) is 5.13 Å². The first kappa shape index (κ1) is 30.3. The molecule has 0 bridgehead atoms. The van der Waals surface area contributed by atoms with Crippen LogP contribution in [0.5, 0.6) is 17.2 Å². The fraction of sp³-hybridized carbons (Fsp3) is 0.226. The van der Waals surface area contributed by atoms with Gasteiger partial charge in [-0.25, -0.2) is 0 Å². The molecule has 1 N–H and O–H groups in total.